The maximum Gasteiger partial charge on any atom is 0.315 e. The minimum Gasteiger partial charge on any atom is -0.379 e. The van der Waals surface area contributed by atoms with Gasteiger partial charge in [0.15, 0.2) is 0 Å². The molecule has 6 nitrogen and oxygen atoms in total. The van der Waals surface area contributed by atoms with Crippen molar-refractivity contribution in [3.05, 3.63) is 35.6 Å². The number of benzene rings is 1. The van der Waals surface area contributed by atoms with E-state index in [2.05, 4.69) is 20.4 Å². The Labute approximate surface area is 172 Å². The zero-order chi connectivity index (χ0) is 20.1. The number of urea groups is 1. The third-order valence-corrected chi connectivity index (χ3v) is 6.57. The number of hydrogen-bond donors (Lipinski definition) is 2. The summed E-state index contributed by atoms with van der Waals surface area (Å²) in [5.74, 6) is -0.247. The fourth-order valence-electron chi connectivity index (χ4n) is 4.99. The lowest BCUT2D eigenvalue weighted by atomic mass is 10.0. The van der Waals surface area contributed by atoms with E-state index in [0.29, 0.717) is 25.8 Å². The Balaban J connectivity index is 1.30. The largest absolute Gasteiger partial charge is 0.379 e. The number of rotatable bonds is 6. The second-order valence-corrected chi connectivity index (χ2v) is 8.49. The van der Waals surface area contributed by atoms with Gasteiger partial charge in [0, 0.05) is 44.8 Å². The van der Waals surface area contributed by atoms with E-state index in [1.165, 1.54) is 31.7 Å². The van der Waals surface area contributed by atoms with E-state index in [4.69, 9.17) is 4.74 Å². The molecular formula is C22H33FN4O2. The van der Waals surface area contributed by atoms with Gasteiger partial charge in [-0.2, -0.15) is 0 Å². The molecule has 4 rings (SSSR count). The first-order valence-electron chi connectivity index (χ1n) is 11.0. The van der Waals surface area contributed by atoms with Crippen LogP contribution in [0.1, 0.15) is 43.7 Å². The minimum absolute atomic E-state index is 0.0566. The third kappa shape index (κ3) is 5.47. The van der Waals surface area contributed by atoms with Crippen molar-refractivity contribution in [3.8, 4) is 0 Å². The number of carbonyl (C=O) groups is 1. The van der Waals surface area contributed by atoms with Crippen LogP contribution in [0.5, 0.6) is 0 Å². The molecule has 1 aromatic carbocycles. The van der Waals surface area contributed by atoms with Crippen LogP contribution in [0.15, 0.2) is 24.3 Å². The Hall–Kier alpha value is -1.70. The van der Waals surface area contributed by atoms with Crippen LogP contribution in [0.4, 0.5) is 9.18 Å². The maximum absolute atomic E-state index is 13.8. The Bertz CT molecular complexity index is 677. The van der Waals surface area contributed by atoms with Gasteiger partial charge in [0.25, 0.3) is 0 Å². The number of nitrogens with zero attached hydrogens (tertiary/aromatic N) is 2. The monoisotopic (exact) mass is 404 g/mol. The van der Waals surface area contributed by atoms with Crippen LogP contribution in [0.3, 0.4) is 0 Å². The first-order valence-corrected chi connectivity index (χ1v) is 11.0. The second kappa shape index (κ2) is 9.87. The fraction of sp³-hybridized carbons (Fsp3) is 0.682. The molecule has 0 spiro atoms. The van der Waals surface area contributed by atoms with Crippen molar-refractivity contribution >= 4 is 6.03 Å². The quantitative estimate of drug-likeness (QED) is 0.765. The molecule has 7 heteroatoms. The van der Waals surface area contributed by atoms with Crippen molar-refractivity contribution in [3.63, 3.8) is 0 Å². The number of amides is 2. The summed E-state index contributed by atoms with van der Waals surface area (Å²) in [7, 11) is 0. The van der Waals surface area contributed by atoms with Gasteiger partial charge in [-0.3, -0.25) is 9.80 Å². The lowest BCUT2D eigenvalue weighted by Crippen LogP contribution is -2.48. The van der Waals surface area contributed by atoms with E-state index in [0.717, 1.165) is 38.2 Å². The summed E-state index contributed by atoms with van der Waals surface area (Å²) < 4.78 is 19.2. The standard InChI is InChI=1S/C22H33FN4O2/c23-18-5-3-4-17(14-18)21(26-10-12-29-13-11-26)15-24-22(28)25-19-8-9-27(16-19)20-6-1-2-7-20/h3-5,14,19-21H,1-2,6-13,15-16H2,(H2,24,25,28). The smallest absolute Gasteiger partial charge is 0.315 e. The van der Waals surface area contributed by atoms with Gasteiger partial charge in [-0.05, 0) is 37.0 Å². The van der Waals surface area contributed by atoms with Crippen molar-refractivity contribution in [2.45, 2.75) is 50.2 Å². The summed E-state index contributed by atoms with van der Waals surface area (Å²) in [6.45, 7) is 5.37. The fourth-order valence-corrected chi connectivity index (χ4v) is 4.99. The van der Waals surface area contributed by atoms with Gasteiger partial charge in [0.05, 0.1) is 19.3 Å². The molecule has 1 aliphatic carbocycles. The number of nitrogens with one attached hydrogen (secondary N) is 2. The highest BCUT2D eigenvalue weighted by Gasteiger charge is 2.31. The molecule has 2 atom stereocenters. The highest BCUT2D eigenvalue weighted by Crippen LogP contribution is 2.26. The first kappa shape index (κ1) is 20.6. The predicted octanol–water partition coefficient (Wildman–Crippen LogP) is 2.52. The zero-order valence-corrected chi connectivity index (χ0v) is 17.1. The van der Waals surface area contributed by atoms with E-state index in [1.807, 2.05) is 6.07 Å². The molecule has 3 fully saturated rings. The lowest BCUT2D eigenvalue weighted by Gasteiger charge is -2.35. The van der Waals surface area contributed by atoms with E-state index in [1.54, 1.807) is 12.1 Å². The molecule has 3 aliphatic rings. The van der Waals surface area contributed by atoms with Crippen molar-refractivity contribution in [2.24, 2.45) is 0 Å². The third-order valence-electron chi connectivity index (χ3n) is 6.57. The summed E-state index contributed by atoms with van der Waals surface area (Å²) in [5, 5.41) is 6.18. The van der Waals surface area contributed by atoms with E-state index in [9.17, 15) is 9.18 Å². The minimum atomic E-state index is -0.247. The van der Waals surface area contributed by atoms with Crippen molar-refractivity contribution in [1.82, 2.24) is 20.4 Å². The molecule has 0 aromatic heterocycles. The average molecular weight is 405 g/mol. The Kier molecular flexibility index (Phi) is 7.00. The molecule has 2 N–H and O–H groups in total. The topological polar surface area (TPSA) is 56.8 Å². The first-order chi connectivity index (χ1) is 14.2. The highest BCUT2D eigenvalue weighted by molar-refractivity contribution is 5.74. The molecule has 2 aliphatic heterocycles. The molecule has 2 unspecified atom stereocenters. The van der Waals surface area contributed by atoms with Crippen molar-refractivity contribution < 1.29 is 13.9 Å². The molecule has 0 radical (unpaired) electrons. The number of likely N-dealkylation sites (tertiary alicyclic amines) is 1. The van der Waals surface area contributed by atoms with Crippen LogP contribution in [-0.4, -0.2) is 73.9 Å². The molecule has 0 bridgehead atoms. The van der Waals surface area contributed by atoms with Crippen LogP contribution in [-0.2, 0) is 4.74 Å². The Morgan fingerprint density at radius 2 is 1.97 bits per heavy atom. The molecule has 29 heavy (non-hydrogen) atoms. The normalized spacial score (nSPS) is 25.2. The van der Waals surface area contributed by atoms with Gasteiger partial charge in [0.1, 0.15) is 5.82 Å². The van der Waals surface area contributed by atoms with Gasteiger partial charge in [-0.25, -0.2) is 9.18 Å². The number of hydrogen-bond acceptors (Lipinski definition) is 4. The summed E-state index contributed by atoms with van der Waals surface area (Å²) in [4.78, 5) is 17.4. The van der Waals surface area contributed by atoms with E-state index >= 15 is 0 Å². The molecule has 2 amide bonds. The number of ether oxygens (including phenoxy) is 1. The Morgan fingerprint density at radius 3 is 2.72 bits per heavy atom. The second-order valence-electron chi connectivity index (χ2n) is 8.49. The van der Waals surface area contributed by atoms with Crippen molar-refractivity contribution in [1.29, 1.82) is 0 Å². The van der Waals surface area contributed by atoms with E-state index in [-0.39, 0.29) is 23.9 Å². The summed E-state index contributed by atoms with van der Waals surface area (Å²) in [6, 6.07) is 7.42. The van der Waals surface area contributed by atoms with Gasteiger partial charge < -0.3 is 15.4 Å². The van der Waals surface area contributed by atoms with Gasteiger partial charge in [0.2, 0.25) is 0 Å². The molecule has 2 heterocycles. The van der Waals surface area contributed by atoms with Crippen LogP contribution in [0.2, 0.25) is 0 Å². The zero-order valence-electron chi connectivity index (χ0n) is 17.1. The van der Waals surface area contributed by atoms with Crippen molar-refractivity contribution in [2.75, 3.05) is 45.9 Å². The molecule has 1 saturated carbocycles. The molecular weight excluding hydrogens is 371 g/mol. The van der Waals surface area contributed by atoms with Crippen LogP contribution in [0, 0.1) is 5.82 Å². The van der Waals surface area contributed by atoms with Gasteiger partial charge in [-0.15, -0.1) is 0 Å². The molecule has 2 saturated heterocycles. The van der Waals surface area contributed by atoms with Crippen LogP contribution >= 0.6 is 0 Å². The number of halogens is 1. The number of carbonyl (C=O) groups excluding carboxylic acids is 1. The summed E-state index contributed by atoms with van der Waals surface area (Å²) >= 11 is 0. The highest BCUT2D eigenvalue weighted by atomic mass is 19.1. The van der Waals surface area contributed by atoms with E-state index < -0.39 is 0 Å². The summed E-state index contributed by atoms with van der Waals surface area (Å²) in [6.07, 6.45) is 6.29. The van der Waals surface area contributed by atoms with Gasteiger partial charge >= 0.3 is 6.03 Å². The SMILES string of the molecule is O=C(NCC(c1cccc(F)c1)N1CCOCC1)NC1CCN(C2CCCC2)C1. The lowest BCUT2D eigenvalue weighted by molar-refractivity contribution is 0.0166. The molecule has 1 aromatic rings. The summed E-state index contributed by atoms with van der Waals surface area (Å²) in [5.41, 5.74) is 0.889. The van der Waals surface area contributed by atoms with Crippen LogP contribution in [0.25, 0.3) is 0 Å². The van der Waals surface area contributed by atoms with Crippen LogP contribution < -0.4 is 10.6 Å². The van der Waals surface area contributed by atoms with Gasteiger partial charge in [-0.1, -0.05) is 25.0 Å². The maximum atomic E-state index is 13.8. The predicted molar refractivity (Wildman–Crippen MR) is 110 cm³/mol. The average Bonchev–Trinajstić information content (AvgIpc) is 3.41. The number of morpholine rings is 1. The Morgan fingerprint density at radius 1 is 1.17 bits per heavy atom. The molecule has 160 valence electrons.